The van der Waals surface area contributed by atoms with E-state index in [0.717, 1.165) is 24.3 Å². The monoisotopic (exact) mass is 922 g/mol. The molecule has 0 aromatic carbocycles. The highest BCUT2D eigenvalue weighted by atomic mass is 16.7. The van der Waals surface area contributed by atoms with Gasteiger partial charge in [-0.05, 0) is 107 Å². The van der Waals surface area contributed by atoms with Crippen LogP contribution in [0.5, 0.6) is 0 Å². The summed E-state index contributed by atoms with van der Waals surface area (Å²) >= 11 is 0. The van der Waals surface area contributed by atoms with Crippen molar-refractivity contribution in [3.05, 3.63) is 0 Å². The zero-order valence-corrected chi connectivity index (χ0v) is 39.0. The molecule has 4 amide bonds. The quantitative estimate of drug-likeness (QED) is 0.0554. The average molecular weight is 922 g/mol. The summed E-state index contributed by atoms with van der Waals surface area (Å²) in [5.41, 5.74) is -4.55. The van der Waals surface area contributed by atoms with Crippen LogP contribution < -0.4 is 21.3 Å². The van der Waals surface area contributed by atoms with Crippen molar-refractivity contribution in [2.24, 2.45) is 0 Å². The fraction of sp³-hybridized carbons (Fsp3) is 0.905. The molecule has 4 aliphatic rings. The molecule has 1 unspecified atom stereocenters. The molecule has 4 rings (SSSR count). The molecule has 22 nitrogen and oxygen atoms in total. The van der Waals surface area contributed by atoms with E-state index in [1.165, 1.54) is 6.92 Å². The minimum Gasteiger partial charge on any atom is -0.465 e. The van der Waals surface area contributed by atoms with Crippen LogP contribution in [0, 0.1) is 0 Å². The number of aliphatic hydroxyl groups is 3. The molecule has 13 atom stereocenters. The number of rotatable bonds is 18. The predicted molar refractivity (Wildman–Crippen MR) is 225 cm³/mol. The van der Waals surface area contributed by atoms with Crippen molar-refractivity contribution in [3.63, 3.8) is 0 Å². The first-order valence-electron chi connectivity index (χ1n) is 22.3. The van der Waals surface area contributed by atoms with Crippen LogP contribution in [0.3, 0.4) is 0 Å². The summed E-state index contributed by atoms with van der Waals surface area (Å²) in [5.74, 6) is 0. The Morgan fingerprint density at radius 1 is 0.828 bits per heavy atom. The highest BCUT2D eigenvalue weighted by Crippen LogP contribution is 2.35. The van der Waals surface area contributed by atoms with Gasteiger partial charge in [-0.2, -0.15) is 0 Å². The Morgan fingerprint density at radius 3 is 2.00 bits per heavy atom. The Hall–Kier alpha value is -3.16. The van der Waals surface area contributed by atoms with E-state index in [0.29, 0.717) is 52.0 Å². The zero-order valence-electron chi connectivity index (χ0n) is 39.0. The minimum absolute atomic E-state index is 0.247. The molecule has 0 spiro atoms. The van der Waals surface area contributed by atoms with Crippen molar-refractivity contribution in [2.75, 3.05) is 32.9 Å². The van der Waals surface area contributed by atoms with Gasteiger partial charge in [0, 0.05) is 19.7 Å². The van der Waals surface area contributed by atoms with Crippen LogP contribution in [0.2, 0.25) is 0 Å². The SMILES string of the molecule is CCC(C)(C)ON(C=O)[C@@H]1[C@@H](O)[C@@H](O[C@@H]2[C@H](O)[C@H](O[C@H]3O[C@H](CNCCOC4CCCCO4)CC[C@H]3NC(=O)OC(C)(C)C)[C@@H](NC(=O)OC(C)(C)C)C[C@H]2NC(=O)O)OC[C@]1(C)O. The Morgan fingerprint density at radius 2 is 1.44 bits per heavy atom. The van der Waals surface area contributed by atoms with Gasteiger partial charge in [0.25, 0.3) is 0 Å². The van der Waals surface area contributed by atoms with E-state index in [1.54, 1.807) is 55.4 Å². The van der Waals surface area contributed by atoms with Crippen LogP contribution in [0.1, 0.15) is 114 Å². The van der Waals surface area contributed by atoms with Crippen molar-refractivity contribution in [1.82, 2.24) is 26.3 Å². The predicted octanol–water partition coefficient (Wildman–Crippen LogP) is 2.00. The number of carboxylic acid groups (broad SMARTS) is 1. The summed E-state index contributed by atoms with van der Waals surface area (Å²) in [5, 5.41) is 57.3. The van der Waals surface area contributed by atoms with Crippen LogP contribution in [0.15, 0.2) is 0 Å². The van der Waals surface area contributed by atoms with Crippen molar-refractivity contribution in [2.45, 2.75) is 210 Å². The lowest BCUT2D eigenvalue weighted by Crippen LogP contribution is -2.70. The number of alkyl carbamates (subject to hydrolysis) is 2. The lowest BCUT2D eigenvalue weighted by atomic mass is 9.83. The van der Waals surface area contributed by atoms with Crippen LogP contribution in [0.25, 0.3) is 0 Å². The van der Waals surface area contributed by atoms with Crippen LogP contribution >= 0.6 is 0 Å². The van der Waals surface area contributed by atoms with Gasteiger partial charge < -0.3 is 79.6 Å². The Labute approximate surface area is 375 Å². The fourth-order valence-electron chi connectivity index (χ4n) is 7.85. The van der Waals surface area contributed by atoms with Gasteiger partial charge in [0.15, 0.2) is 18.9 Å². The topological polar surface area (TPSA) is 284 Å². The lowest BCUT2D eigenvalue weighted by Gasteiger charge is -2.51. The first-order valence-corrected chi connectivity index (χ1v) is 22.3. The zero-order chi connectivity index (χ0) is 47.6. The molecule has 370 valence electrons. The second kappa shape index (κ2) is 23.0. The van der Waals surface area contributed by atoms with Gasteiger partial charge in [-0.25, -0.2) is 19.4 Å². The van der Waals surface area contributed by atoms with Gasteiger partial charge in [-0.3, -0.25) is 9.63 Å². The fourth-order valence-corrected chi connectivity index (χ4v) is 7.85. The number of aliphatic hydroxyl groups excluding tert-OH is 2. The van der Waals surface area contributed by atoms with Crippen LogP contribution in [-0.2, 0) is 47.5 Å². The Balaban J connectivity index is 1.64. The van der Waals surface area contributed by atoms with E-state index in [-0.39, 0.29) is 12.7 Å². The number of nitrogens with zero attached hydrogens (tertiary/aromatic N) is 1. The molecule has 0 aromatic rings. The molecule has 3 saturated heterocycles. The summed E-state index contributed by atoms with van der Waals surface area (Å²) in [7, 11) is 0. The summed E-state index contributed by atoms with van der Waals surface area (Å²) in [6.45, 7) is 18.1. The molecule has 0 aromatic heterocycles. The van der Waals surface area contributed by atoms with Crippen molar-refractivity contribution >= 4 is 24.7 Å². The molecule has 22 heteroatoms. The smallest absolute Gasteiger partial charge is 0.408 e. The van der Waals surface area contributed by atoms with E-state index in [9.17, 15) is 39.6 Å². The van der Waals surface area contributed by atoms with E-state index in [1.807, 2.05) is 6.92 Å². The van der Waals surface area contributed by atoms with Gasteiger partial charge in [0.1, 0.15) is 47.3 Å². The number of amides is 4. The number of hydrogen-bond acceptors (Lipinski definition) is 17. The Kier molecular flexibility index (Phi) is 19.2. The van der Waals surface area contributed by atoms with E-state index in [4.69, 9.17) is 42.7 Å². The van der Waals surface area contributed by atoms with E-state index < -0.39 is 115 Å². The second-order valence-corrected chi connectivity index (χ2v) is 19.7. The molecule has 0 radical (unpaired) electrons. The maximum absolute atomic E-state index is 13.3. The van der Waals surface area contributed by atoms with Gasteiger partial charge in [-0.15, -0.1) is 0 Å². The normalized spacial score (nSPS) is 34.0. The highest BCUT2D eigenvalue weighted by molar-refractivity contribution is 5.69. The van der Waals surface area contributed by atoms with E-state index >= 15 is 0 Å². The highest BCUT2D eigenvalue weighted by Gasteiger charge is 2.55. The van der Waals surface area contributed by atoms with Gasteiger partial charge in [-0.1, -0.05) is 6.92 Å². The Bertz CT molecular complexity index is 1500. The second-order valence-electron chi connectivity index (χ2n) is 19.7. The molecule has 1 aliphatic carbocycles. The van der Waals surface area contributed by atoms with E-state index in [2.05, 4.69) is 21.3 Å². The summed E-state index contributed by atoms with van der Waals surface area (Å²) in [6.07, 6.45) is -9.26. The maximum atomic E-state index is 13.3. The molecule has 64 heavy (non-hydrogen) atoms. The molecular weight excluding hydrogens is 846 g/mol. The summed E-state index contributed by atoms with van der Waals surface area (Å²) in [6, 6.07) is -4.76. The third-order valence-corrected chi connectivity index (χ3v) is 11.2. The first-order chi connectivity index (χ1) is 29.8. The van der Waals surface area contributed by atoms with Crippen LogP contribution in [0.4, 0.5) is 14.4 Å². The third-order valence-electron chi connectivity index (χ3n) is 11.2. The molecule has 3 aliphatic heterocycles. The minimum atomic E-state index is -1.86. The van der Waals surface area contributed by atoms with Gasteiger partial charge in [0.05, 0.1) is 43.0 Å². The first kappa shape index (κ1) is 53.5. The lowest BCUT2D eigenvalue weighted by molar-refractivity contribution is -0.345. The number of ether oxygens (including phenoxy) is 8. The third kappa shape index (κ3) is 16.3. The van der Waals surface area contributed by atoms with Crippen molar-refractivity contribution in [1.29, 1.82) is 0 Å². The van der Waals surface area contributed by atoms with Gasteiger partial charge in [0.2, 0.25) is 6.41 Å². The average Bonchev–Trinajstić information content (AvgIpc) is 3.17. The molecule has 4 fully saturated rings. The standard InChI is InChI=1S/C42H75N5O17/c1-11-41(8,9)64-47(23-48)33-30(50)35(58-22-42(33,10)55)61-31-26(44-36(51)52)20-27(46-38(54)63-40(5,6)7)32(29(31)49)60-34-25(45-37(53)62-39(2,3)4)16-15-24(59-34)21-43-17-19-57-28-14-12-13-18-56-28/h23-35,43-44,49-50,55H,11-22H2,1-10H3,(H,45,53)(H,46,54)(H,51,52)/t24-,25+,26+,27-,28?,29-,30+,31-,32+,33+,34+,35+,42-/m0/s1. The van der Waals surface area contributed by atoms with Crippen LogP contribution in [-0.4, -0.2) is 179 Å². The number of nitrogens with one attached hydrogen (secondary N) is 4. The molecule has 0 bridgehead atoms. The van der Waals surface area contributed by atoms with Crippen molar-refractivity contribution in [3.8, 4) is 0 Å². The largest absolute Gasteiger partial charge is 0.465 e. The number of hydrogen-bond donors (Lipinski definition) is 8. The molecule has 8 N–H and O–H groups in total. The number of hydroxylamine groups is 2. The molecule has 3 heterocycles. The number of carbonyl (C=O) groups is 4. The molecule has 1 saturated carbocycles. The number of carbonyl (C=O) groups excluding carboxylic acids is 3. The van der Waals surface area contributed by atoms with Crippen molar-refractivity contribution < 1.29 is 82.3 Å². The van der Waals surface area contributed by atoms with Gasteiger partial charge >= 0.3 is 18.3 Å². The maximum Gasteiger partial charge on any atom is 0.408 e. The molecular formula is C42H75N5O17. The summed E-state index contributed by atoms with van der Waals surface area (Å²) in [4.78, 5) is 57.0. The summed E-state index contributed by atoms with van der Waals surface area (Å²) < 4.78 is 47.6.